The van der Waals surface area contributed by atoms with Gasteiger partial charge in [-0.2, -0.15) is 0 Å². The summed E-state index contributed by atoms with van der Waals surface area (Å²) in [6.07, 6.45) is 1.92. The van der Waals surface area contributed by atoms with Crippen LogP contribution in [0.2, 0.25) is 0 Å². The van der Waals surface area contributed by atoms with E-state index in [1.807, 2.05) is 18.2 Å². The Hall–Kier alpha value is -2.49. The van der Waals surface area contributed by atoms with Crippen molar-refractivity contribution in [3.63, 3.8) is 0 Å². The molecule has 2 aromatic rings. The quantitative estimate of drug-likeness (QED) is 0.743. The first-order chi connectivity index (χ1) is 13.6. The molecular formula is C25H33NO3. The topological polar surface area (TPSA) is 47.6 Å². The van der Waals surface area contributed by atoms with Crippen LogP contribution in [0, 0.1) is 0 Å². The molecule has 29 heavy (non-hydrogen) atoms. The molecule has 0 radical (unpaired) electrons. The highest BCUT2D eigenvalue weighted by Gasteiger charge is 2.34. The number of hydrogen-bond acceptors (Lipinski definition) is 3. The first-order valence-electron chi connectivity index (χ1n) is 10.3. The van der Waals surface area contributed by atoms with Crippen molar-refractivity contribution in [3.8, 4) is 11.5 Å². The number of ether oxygens (including phenoxy) is 2. The zero-order valence-electron chi connectivity index (χ0n) is 18.5. The fraction of sp³-hybridized carbons (Fsp3) is 0.480. The number of carbonyl (C=O) groups is 1. The number of nitrogens with one attached hydrogen (secondary N) is 1. The van der Waals surface area contributed by atoms with Crippen LogP contribution in [-0.2, 0) is 16.6 Å². The molecule has 0 fully saturated rings. The molecule has 1 heterocycles. The highest BCUT2D eigenvalue weighted by molar-refractivity contribution is 5.77. The van der Waals surface area contributed by atoms with Gasteiger partial charge in [-0.25, -0.2) is 0 Å². The molecule has 156 valence electrons. The summed E-state index contributed by atoms with van der Waals surface area (Å²) in [6.45, 7) is 10.7. The summed E-state index contributed by atoms with van der Waals surface area (Å²) >= 11 is 0. The van der Waals surface area contributed by atoms with Crippen LogP contribution in [0.3, 0.4) is 0 Å². The van der Waals surface area contributed by atoms with E-state index >= 15 is 0 Å². The largest absolute Gasteiger partial charge is 0.497 e. The van der Waals surface area contributed by atoms with Gasteiger partial charge in [-0.05, 0) is 55.0 Å². The minimum atomic E-state index is -0.331. The van der Waals surface area contributed by atoms with Crippen molar-refractivity contribution in [1.29, 1.82) is 0 Å². The lowest BCUT2D eigenvalue weighted by Gasteiger charge is -2.38. The van der Waals surface area contributed by atoms with Crippen molar-refractivity contribution in [2.45, 2.75) is 70.9 Å². The third kappa shape index (κ3) is 5.31. The zero-order valence-corrected chi connectivity index (χ0v) is 18.5. The molecule has 0 bridgehead atoms. The maximum atomic E-state index is 12.7. The van der Waals surface area contributed by atoms with Gasteiger partial charge in [-0.3, -0.25) is 4.79 Å². The number of methoxy groups -OCH3 is 1. The van der Waals surface area contributed by atoms with Gasteiger partial charge in [0, 0.05) is 18.4 Å². The number of fused-ring (bicyclic) bond motifs is 1. The molecule has 1 aliphatic heterocycles. The second kappa shape index (κ2) is 8.10. The van der Waals surface area contributed by atoms with E-state index < -0.39 is 0 Å². The van der Waals surface area contributed by atoms with E-state index in [1.165, 1.54) is 11.1 Å². The fourth-order valence-corrected chi connectivity index (χ4v) is 3.78. The summed E-state index contributed by atoms with van der Waals surface area (Å²) in [5.74, 6) is 1.64. The molecule has 3 rings (SSSR count). The summed E-state index contributed by atoms with van der Waals surface area (Å²) in [4.78, 5) is 12.7. The average Bonchev–Trinajstić information content (AvgIpc) is 2.65. The van der Waals surface area contributed by atoms with Gasteiger partial charge in [0.1, 0.15) is 17.1 Å². The van der Waals surface area contributed by atoms with Crippen LogP contribution in [0.25, 0.3) is 0 Å². The highest BCUT2D eigenvalue weighted by atomic mass is 16.5. The lowest BCUT2D eigenvalue weighted by molar-refractivity contribution is -0.122. The van der Waals surface area contributed by atoms with Crippen molar-refractivity contribution in [3.05, 3.63) is 59.2 Å². The van der Waals surface area contributed by atoms with Gasteiger partial charge in [0.15, 0.2) is 0 Å². The number of amides is 1. The van der Waals surface area contributed by atoms with Gasteiger partial charge in [0.2, 0.25) is 5.91 Å². The molecule has 4 heteroatoms. The Labute approximate surface area is 174 Å². The van der Waals surface area contributed by atoms with Crippen molar-refractivity contribution in [1.82, 2.24) is 5.32 Å². The van der Waals surface area contributed by atoms with E-state index in [4.69, 9.17) is 9.47 Å². The van der Waals surface area contributed by atoms with E-state index in [2.05, 4.69) is 64.2 Å². The Morgan fingerprint density at radius 2 is 1.86 bits per heavy atom. The Kier molecular flexibility index (Phi) is 5.92. The van der Waals surface area contributed by atoms with Crippen molar-refractivity contribution in [2.24, 2.45) is 0 Å². The molecule has 2 aromatic carbocycles. The van der Waals surface area contributed by atoms with Crippen molar-refractivity contribution < 1.29 is 14.3 Å². The normalized spacial score (nSPS) is 17.8. The molecule has 1 aliphatic rings. The summed E-state index contributed by atoms with van der Waals surface area (Å²) in [5, 5.41) is 3.21. The molecule has 0 aliphatic carbocycles. The SMILES string of the molecule is COc1ccc2c(c1)C(NC(=O)CCc1ccc(C(C)(C)C)cc1)CC(C)(C)O2. The van der Waals surface area contributed by atoms with E-state index in [0.717, 1.165) is 29.9 Å². The van der Waals surface area contributed by atoms with Crippen LogP contribution >= 0.6 is 0 Å². The molecule has 0 aromatic heterocycles. The van der Waals surface area contributed by atoms with Crippen molar-refractivity contribution >= 4 is 5.91 Å². The summed E-state index contributed by atoms with van der Waals surface area (Å²) < 4.78 is 11.4. The van der Waals surface area contributed by atoms with Crippen molar-refractivity contribution in [2.75, 3.05) is 7.11 Å². The van der Waals surface area contributed by atoms with E-state index in [-0.39, 0.29) is 23.0 Å². The Morgan fingerprint density at radius 1 is 1.17 bits per heavy atom. The van der Waals surface area contributed by atoms with Gasteiger partial charge in [-0.15, -0.1) is 0 Å². The molecule has 0 spiro atoms. The predicted octanol–water partition coefficient (Wildman–Crippen LogP) is 5.34. The Bertz CT molecular complexity index is 863. The lowest BCUT2D eigenvalue weighted by Crippen LogP contribution is -2.41. The Balaban J connectivity index is 1.66. The van der Waals surface area contributed by atoms with Crippen LogP contribution in [0.4, 0.5) is 0 Å². The van der Waals surface area contributed by atoms with Gasteiger partial charge < -0.3 is 14.8 Å². The standard InChI is InChI=1S/C25H33NO3/c1-24(2,3)18-10-7-17(8-11-18)9-14-23(27)26-21-16-25(4,5)29-22-13-12-19(28-6)15-20(21)22/h7-8,10-13,15,21H,9,14,16H2,1-6H3,(H,26,27). The zero-order chi connectivity index (χ0) is 21.2. The van der Waals surface area contributed by atoms with Gasteiger partial charge in [0.05, 0.1) is 13.2 Å². The number of aryl methyl sites for hydroxylation is 1. The molecule has 0 saturated heterocycles. The number of benzene rings is 2. The third-order valence-corrected chi connectivity index (χ3v) is 5.47. The third-order valence-electron chi connectivity index (χ3n) is 5.47. The maximum Gasteiger partial charge on any atom is 0.220 e. The number of hydrogen-bond donors (Lipinski definition) is 1. The van der Waals surface area contributed by atoms with Gasteiger partial charge >= 0.3 is 0 Å². The molecule has 1 atom stereocenters. The molecule has 1 amide bonds. The van der Waals surface area contributed by atoms with E-state index in [1.54, 1.807) is 7.11 Å². The Morgan fingerprint density at radius 3 is 2.48 bits per heavy atom. The lowest BCUT2D eigenvalue weighted by atomic mass is 9.86. The summed E-state index contributed by atoms with van der Waals surface area (Å²) in [6, 6.07) is 14.3. The summed E-state index contributed by atoms with van der Waals surface area (Å²) in [7, 11) is 1.65. The predicted molar refractivity (Wildman–Crippen MR) is 117 cm³/mol. The van der Waals surface area contributed by atoms with Crippen LogP contribution < -0.4 is 14.8 Å². The van der Waals surface area contributed by atoms with E-state index in [9.17, 15) is 4.79 Å². The van der Waals surface area contributed by atoms with Gasteiger partial charge in [0.25, 0.3) is 0 Å². The van der Waals surface area contributed by atoms with Crippen LogP contribution in [0.5, 0.6) is 11.5 Å². The molecular weight excluding hydrogens is 362 g/mol. The highest BCUT2D eigenvalue weighted by Crippen LogP contribution is 2.41. The second-order valence-corrected chi connectivity index (χ2v) is 9.54. The number of rotatable bonds is 5. The molecule has 1 unspecified atom stereocenters. The van der Waals surface area contributed by atoms with Crippen LogP contribution in [0.1, 0.15) is 70.2 Å². The monoisotopic (exact) mass is 395 g/mol. The first-order valence-corrected chi connectivity index (χ1v) is 10.3. The van der Waals surface area contributed by atoms with Crippen LogP contribution in [0.15, 0.2) is 42.5 Å². The maximum absolute atomic E-state index is 12.7. The van der Waals surface area contributed by atoms with Gasteiger partial charge in [-0.1, -0.05) is 45.0 Å². The minimum Gasteiger partial charge on any atom is -0.497 e. The molecule has 1 N–H and O–H groups in total. The van der Waals surface area contributed by atoms with E-state index in [0.29, 0.717) is 6.42 Å². The fourth-order valence-electron chi connectivity index (χ4n) is 3.78. The summed E-state index contributed by atoms with van der Waals surface area (Å²) in [5.41, 5.74) is 3.28. The smallest absolute Gasteiger partial charge is 0.220 e. The second-order valence-electron chi connectivity index (χ2n) is 9.54. The first kappa shape index (κ1) is 21.2. The minimum absolute atomic E-state index is 0.0568. The molecule has 0 saturated carbocycles. The van der Waals surface area contributed by atoms with Crippen LogP contribution in [-0.4, -0.2) is 18.6 Å². The molecule has 4 nitrogen and oxygen atoms in total. The average molecular weight is 396 g/mol. The number of carbonyl (C=O) groups excluding carboxylic acids is 1.